The molecule has 17 rings (SSSR count). The van der Waals surface area contributed by atoms with Gasteiger partial charge in [-0.15, -0.1) is 0 Å². The Morgan fingerprint density at radius 2 is 0.500 bits per heavy atom. The first-order valence-corrected chi connectivity index (χ1v) is 49.1. The molecule has 0 spiro atoms. The van der Waals surface area contributed by atoms with Gasteiger partial charge in [-0.1, -0.05) is 127 Å². The second-order valence-electron chi connectivity index (χ2n) is 32.1. The molecular weight excluding hydrogens is 1970 g/mol. The van der Waals surface area contributed by atoms with E-state index >= 15 is 0 Å². The van der Waals surface area contributed by atoms with E-state index in [9.17, 15) is 118 Å². The van der Waals surface area contributed by atoms with Crippen molar-refractivity contribution in [1.82, 2.24) is 59.8 Å². The fraction of sp³-hybridized carbons (Fsp3) is 0.110. The molecule has 0 saturated carbocycles. The number of phenols is 13. The van der Waals surface area contributed by atoms with Crippen molar-refractivity contribution in [2.75, 3.05) is 47.0 Å². The Balaban J connectivity index is 0.000000154. The standard InChI is InChI=1S/C28H22N4O2.C28H30N4O2.2C22H17N3O12S2/c33-25-20-23(34-19-18-32-16-8-3-9-17-32)14-15-24(25)28-30-26(21-10-4-1-5-11-21)29-27(31-28)22-12-6-2-7-13-22;1-4-32(3,5-2)18-19-34-23-16-17-24(25(33)20-23)28-30-26(21-12-8-6-9-13-21)29-27(31-28)22-14-10-7-11-15-22;1-8-2-9(13(27)5-12(8)26)20-23-21(10-3-18(38(32,33)34)16(30)6-14(10)28)25-22(24-20)11-4-19(39(35,36)37)17(31)7-15(11)29;1-37-9-2-3-10(13(26)4-9)20-23-21(11-5-18(38(31,32)33)16(29)7-14(11)27)25-22(24-20)12-6-19(39(34,35)36)17(30)8-15(12)28/h1-17,20H,18-19H2;6-17,20H,4-5,18-19H2,1-3H3;2-7,26-31H,1H3,(H,32,33,34)(H,35,36,37);2-8,26-30H,1H3,(H,31,32,33)(H,34,35,36)/p+2. The van der Waals surface area contributed by atoms with E-state index in [0.717, 1.165) is 52.4 Å². The summed E-state index contributed by atoms with van der Waals surface area (Å²) in [6.07, 6.45) is 3.97. The molecule has 17 aromatic rings. The SMILES string of the molecule is CC[N+](C)(CC)CCOc1ccc(-c2nc(-c3ccccc3)nc(-c3ccccc3)n2)c(O)c1.COc1ccc(-c2nc(-c3cc(S(=O)(=O)O)c(O)cc3O)nc(-c3cc(S(=O)(=O)O)c(O)cc3O)n2)c(O)c1.Cc1cc(-c2nc(-c3cc(S(=O)(=O)O)c(O)cc3O)nc(-c3cc(S(=O)(=O)O)c(O)cc3O)n2)c(O)cc1O.Oc1cc(OCC[n+]2ccccc2)ccc1-c1nc(-c2ccccc2)nc(-c2ccccc2)n1. The number of methoxy groups -OCH3 is 1. The van der Waals surface area contributed by atoms with Crippen molar-refractivity contribution < 1.29 is 142 Å². The summed E-state index contributed by atoms with van der Waals surface area (Å²) in [5.74, 6) is -6.79. The number of hydrogen-bond acceptors (Lipinski definition) is 36. The molecule has 46 heteroatoms. The largest absolute Gasteiger partial charge is 0.508 e. The maximum absolute atomic E-state index is 11.7. The monoisotopic (exact) mass is 2060 g/mol. The van der Waals surface area contributed by atoms with Gasteiger partial charge in [0.05, 0.1) is 71.8 Å². The van der Waals surface area contributed by atoms with Gasteiger partial charge in [0, 0.05) is 82.9 Å². The third-order valence-corrected chi connectivity index (χ3v) is 25.8. The summed E-state index contributed by atoms with van der Waals surface area (Å²) in [4.78, 5) is 48.4. The maximum Gasteiger partial charge on any atom is 0.298 e. The van der Waals surface area contributed by atoms with Crippen LogP contribution in [0.5, 0.6) is 92.0 Å². The van der Waals surface area contributed by atoms with Crippen molar-refractivity contribution in [2.24, 2.45) is 0 Å². The minimum atomic E-state index is -5.02. The lowest BCUT2D eigenvalue weighted by Gasteiger charge is -2.31. The highest BCUT2D eigenvalue weighted by molar-refractivity contribution is 7.86. The number of pyridine rings is 1. The van der Waals surface area contributed by atoms with E-state index in [1.165, 1.54) is 38.3 Å². The van der Waals surface area contributed by atoms with Crippen LogP contribution in [-0.2, 0) is 47.0 Å². The van der Waals surface area contributed by atoms with Gasteiger partial charge >= 0.3 is 0 Å². The molecule has 0 fully saturated rings. The number of aryl methyl sites for hydroxylation is 1. The van der Waals surface area contributed by atoms with Crippen LogP contribution < -0.4 is 18.8 Å². The molecule has 5 aromatic heterocycles. The van der Waals surface area contributed by atoms with E-state index in [1.54, 1.807) is 24.3 Å². The van der Waals surface area contributed by atoms with E-state index in [1.807, 2.05) is 169 Å². The highest BCUT2D eigenvalue weighted by Gasteiger charge is 2.31. The predicted octanol–water partition coefficient (Wildman–Crippen LogP) is 14.2. The Kier molecular flexibility index (Phi) is 31.2. The molecule has 0 saturated heterocycles. The van der Waals surface area contributed by atoms with Crippen molar-refractivity contribution in [3.05, 3.63) is 273 Å². The summed E-state index contributed by atoms with van der Waals surface area (Å²) in [6.45, 7) is 10.6. The molecule has 12 aromatic carbocycles. The zero-order valence-electron chi connectivity index (χ0n) is 77.1. The Labute approximate surface area is 832 Å². The van der Waals surface area contributed by atoms with E-state index in [0.29, 0.717) is 126 Å². The molecule has 17 N–H and O–H groups in total. The number of aromatic nitrogens is 13. The fourth-order valence-corrected chi connectivity index (χ4v) is 16.5. The molecule has 0 radical (unpaired) electrons. The first-order valence-electron chi connectivity index (χ1n) is 43.4. The molecule has 0 atom stereocenters. The normalized spacial score (nSPS) is 11.5. The molecule has 0 amide bonds. The second-order valence-corrected chi connectivity index (χ2v) is 37.7. The summed E-state index contributed by atoms with van der Waals surface area (Å²) in [6, 6.07) is 66.4. The Hall–Kier alpha value is -17.8. The van der Waals surface area contributed by atoms with Gasteiger partial charge in [-0.25, -0.2) is 64.4 Å². The first kappa shape index (κ1) is 104. The lowest BCUT2D eigenvalue weighted by Crippen LogP contribution is -2.46. The van der Waals surface area contributed by atoms with Crippen LogP contribution in [0.15, 0.2) is 287 Å². The summed E-state index contributed by atoms with van der Waals surface area (Å²) in [5.41, 5.74) is 2.63. The van der Waals surface area contributed by atoms with Crippen molar-refractivity contribution >= 4 is 40.5 Å². The smallest absolute Gasteiger partial charge is 0.298 e. The minimum Gasteiger partial charge on any atom is -0.508 e. The molecule has 5 heterocycles. The zero-order chi connectivity index (χ0) is 105. The van der Waals surface area contributed by atoms with Crippen LogP contribution >= 0.6 is 0 Å². The molecule has 748 valence electrons. The number of hydrogen-bond donors (Lipinski definition) is 17. The summed E-state index contributed by atoms with van der Waals surface area (Å²) in [7, 11) is -16.5. The van der Waals surface area contributed by atoms with Gasteiger partial charge in [-0.05, 0) is 93.1 Å². The van der Waals surface area contributed by atoms with Crippen molar-refractivity contribution in [2.45, 2.75) is 46.9 Å². The summed E-state index contributed by atoms with van der Waals surface area (Å²) >= 11 is 0. The second kappa shape index (κ2) is 43.8. The molecule has 42 nitrogen and oxygen atoms in total. The summed E-state index contributed by atoms with van der Waals surface area (Å²) < 4.78 is 151. The first-order chi connectivity index (χ1) is 69.3. The van der Waals surface area contributed by atoms with Crippen LogP contribution in [0.3, 0.4) is 0 Å². The van der Waals surface area contributed by atoms with Crippen LogP contribution in [0, 0.1) is 6.92 Å². The molecule has 0 bridgehead atoms. The highest BCUT2D eigenvalue weighted by Crippen LogP contribution is 2.46. The highest BCUT2D eigenvalue weighted by atomic mass is 32.2. The molecule has 146 heavy (non-hydrogen) atoms. The molecule has 0 aliphatic heterocycles. The number of nitrogens with zero attached hydrogens (tertiary/aromatic N) is 14. The lowest BCUT2D eigenvalue weighted by molar-refractivity contribution is -0.906. The van der Waals surface area contributed by atoms with Crippen LogP contribution in [0.1, 0.15) is 19.4 Å². The quantitative estimate of drug-likeness (QED) is 0.0129. The van der Waals surface area contributed by atoms with Gasteiger partial charge in [0.2, 0.25) is 0 Å². The van der Waals surface area contributed by atoms with E-state index < -0.39 is 169 Å². The van der Waals surface area contributed by atoms with E-state index in [-0.39, 0.29) is 45.5 Å². The predicted molar refractivity (Wildman–Crippen MR) is 526 cm³/mol. The fourth-order valence-electron chi connectivity index (χ4n) is 14.2. The Bertz CT molecular complexity index is 7950. The number of rotatable bonds is 27. The average molecular weight is 2060 g/mol. The van der Waals surface area contributed by atoms with Crippen LogP contribution in [0.4, 0.5) is 0 Å². The van der Waals surface area contributed by atoms with E-state index in [4.69, 9.17) is 19.2 Å². The maximum atomic E-state index is 11.7. The summed E-state index contributed by atoms with van der Waals surface area (Å²) in [5, 5.41) is 134. The van der Waals surface area contributed by atoms with Gasteiger partial charge in [0.15, 0.2) is 88.8 Å². The van der Waals surface area contributed by atoms with Crippen LogP contribution in [-0.4, -0.2) is 230 Å². The number of benzene rings is 12. The number of aromatic hydroxyl groups is 13. The number of quaternary nitrogens is 1. The molecule has 0 aliphatic rings. The van der Waals surface area contributed by atoms with Gasteiger partial charge in [-0.3, -0.25) is 18.2 Å². The topological polar surface area (TPSA) is 667 Å². The van der Waals surface area contributed by atoms with Crippen LogP contribution in [0.25, 0.3) is 137 Å². The van der Waals surface area contributed by atoms with Gasteiger partial charge in [0.25, 0.3) is 40.5 Å². The van der Waals surface area contributed by atoms with Gasteiger partial charge in [-0.2, -0.15) is 33.7 Å². The van der Waals surface area contributed by atoms with Crippen LogP contribution in [0.2, 0.25) is 0 Å². The molecular formula is C100H88N14O28S4+2. The van der Waals surface area contributed by atoms with Gasteiger partial charge < -0.3 is 85.1 Å². The molecule has 0 unspecified atom stereocenters. The van der Waals surface area contributed by atoms with Gasteiger partial charge in [0.1, 0.15) is 131 Å². The van der Waals surface area contributed by atoms with Crippen molar-refractivity contribution in [3.63, 3.8) is 0 Å². The minimum absolute atomic E-state index is 0.0501. The zero-order valence-corrected chi connectivity index (χ0v) is 80.4. The lowest BCUT2D eigenvalue weighted by atomic mass is 10.1. The third-order valence-electron chi connectivity index (χ3n) is 22.3. The number of likely N-dealkylation sites (N-methyl/N-ethyl adjacent to an activating group) is 1. The number of ether oxygens (including phenoxy) is 3. The Morgan fingerprint density at radius 3 is 0.774 bits per heavy atom. The Morgan fingerprint density at radius 1 is 0.267 bits per heavy atom. The average Bonchev–Trinajstić information content (AvgIpc) is 0.765. The molecule has 0 aliphatic carbocycles. The number of phenolic OH excluding ortho intramolecular Hbond substituents is 13. The van der Waals surface area contributed by atoms with Crippen molar-refractivity contribution in [3.8, 4) is 229 Å². The van der Waals surface area contributed by atoms with E-state index in [2.05, 4.69) is 75.7 Å². The third kappa shape index (κ3) is 24.9. The van der Waals surface area contributed by atoms with Crippen molar-refractivity contribution in [1.29, 1.82) is 0 Å².